The second kappa shape index (κ2) is 8.48. The lowest BCUT2D eigenvalue weighted by Crippen LogP contribution is -2.45. The Morgan fingerprint density at radius 3 is 2.79 bits per heavy atom. The minimum Gasteiger partial charge on any atom is -0.497 e. The zero-order chi connectivity index (χ0) is 20.2. The fourth-order valence-corrected chi connectivity index (χ4v) is 3.56. The van der Waals surface area contributed by atoms with Crippen LogP contribution in [0.3, 0.4) is 0 Å². The summed E-state index contributed by atoms with van der Waals surface area (Å²) in [6, 6.07) is 9.06. The molecule has 9 heteroatoms. The lowest BCUT2D eigenvalue weighted by atomic mass is 10.0. The van der Waals surface area contributed by atoms with Crippen LogP contribution < -0.4 is 10.1 Å². The number of halogens is 1. The van der Waals surface area contributed by atoms with Gasteiger partial charge in [0, 0.05) is 31.4 Å². The Hall–Kier alpha value is -3.13. The predicted octanol–water partition coefficient (Wildman–Crippen LogP) is 3.04. The van der Waals surface area contributed by atoms with Gasteiger partial charge in [-0.3, -0.25) is 4.79 Å². The van der Waals surface area contributed by atoms with E-state index in [-0.39, 0.29) is 11.9 Å². The summed E-state index contributed by atoms with van der Waals surface area (Å²) >= 11 is 5.90. The summed E-state index contributed by atoms with van der Waals surface area (Å²) in [5.74, 6) is 1.33. The van der Waals surface area contributed by atoms with Crippen LogP contribution in [0.4, 0.5) is 5.82 Å². The van der Waals surface area contributed by atoms with Gasteiger partial charge in [0.25, 0.3) is 5.91 Å². The molecule has 0 spiro atoms. The standard InChI is InChI=1S/C20H21ClN6O2/c1-29-16-5-6-17(18(11-16)27-23-8-9-24-27)20(28)26-10-2-3-15(13-26)25-19-7-4-14(21)12-22-19/h4-9,11-12,15H,2-3,10,13H2,1H3,(H,22,25)/t15-/m1/s1. The van der Waals surface area contributed by atoms with Crippen molar-refractivity contribution < 1.29 is 9.53 Å². The van der Waals surface area contributed by atoms with Gasteiger partial charge in [0.2, 0.25) is 0 Å². The number of piperidine rings is 1. The van der Waals surface area contributed by atoms with E-state index in [0.29, 0.717) is 35.1 Å². The second-order valence-corrected chi connectivity index (χ2v) is 7.23. The van der Waals surface area contributed by atoms with Crippen LogP contribution >= 0.6 is 11.6 Å². The minimum atomic E-state index is -0.0597. The summed E-state index contributed by atoms with van der Waals surface area (Å²) in [6.45, 7) is 1.28. The molecule has 1 amide bonds. The Morgan fingerprint density at radius 1 is 1.24 bits per heavy atom. The van der Waals surface area contributed by atoms with Gasteiger partial charge in [-0.2, -0.15) is 15.0 Å². The van der Waals surface area contributed by atoms with E-state index in [1.807, 2.05) is 11.0 Å². The number of pyridine rings is 1. The van der Waals surface area contributed by atoms with Gasteiger partial charge in [0.15, 0.2) is 0 Å². The summed E-state index contributed by atoms with van der Waals surface area (Å²) in [5.41, 5.74) is 1.13. The first-order chi connectivity index (χ1) is 14.1. The van der Waals surface area contributed by atoms with Crippen LogP contribution in [-0.2, 0) is 0 Å². The maximum Gasteiger partial charge on any atom is 0.256 e. The van der Waals surface area contributed by atoms with Crippen molar-refractivity contribution in [1.29, 1.82) is 0 Å². The molecule has 0 radical (unpaired) electrons. The maximum atomic E-state index is 13.3. The summed E-state index contributed by atoms with van der Waals surface area (Å²) in [4.78, 5) is 20.9. The van der Waals surface area contributed by atoms with Crippen LogP contribution in [-0.4, -0.2) is 57.0 Å². The number of carbonyl (C=O) groups excluding carboxylic acids is 1. The van der Waals surface area contributed by atoms with Gasteiger partial charge in [-0.1, -0.05) is 11.6 Å². The number of nitrogens with zero attached hydrogens (tertiary/aromatic N) is 5. The number of ether oxygens (including phenoxy) is 1. The molecule has 0 bridgehead atoms. The Labute approximate surface area is 173 Å². The SMILES string of the molecule is COc1ccc(C(=O)N2CCC[C@@H](Nc3ccc(Cl)cn3)C2)c(-n2nccn2)c1. The monoisotopic (exact) mass is 412 g/mol. The molecule has 150 valence electrons. The van der Waals surface area contributed by atoms with E-state index in [4.69, 9.17) is 16.3 Å². The molecule has 0 unspecified atom stereocenters. The number of methoxy groups -OCH3 is 1. The zero-order valence-electron chi connectivity index (χ0n) is 16.0. The van der Waals surface area contributed by atoms with E-state index in [9.17, 15) is 4.79 Å². The number of hydrogen-bond acceptors (Lipinski definition) is 6. The number of benzene rings is 1. The first kappa shape index (κ1) is 19.2. The molecule has 1 aliphatic rings. The quantitative estimate of drug-likeness (QED) is 0.693. The molecular formula is C20H21ClN6O2. The van der Waals surface area contributed by atoms with E-state index in [2.05, 4.69) is 20.5 Å². The number of nitrogens with one attached hydrogen (secondary N) is 1. The number of rotatable bonds is 5. The Bertz CT molecular complexity index is 977. The van der Waals surface area contributed by atoms with Crippen molar-refractivity contribution in [3.05, 3.63) is 59.5 Å². The topological polar surface area (TPSA) is 85.2 Å². The number of likely N-dealkylation sites (tertiary alicyclic amines) is 1. The van der Waals surface area contributed by atoms with Crippen LogP contribution in [0.5, 0.6) is 5.75 Å². The highest BCUT2D eigenvalue weighted by molar-refractivity contribution is 6.30. The van der Waals surface area contributed by atoms with Crippen molar-refractivity contribution in [1.82, 2.24) is 24.9 Å². The average molecular weight is 413 g/mol. The van der Waals surface area contributed by atoms with Gasteiger partial charge in [-0.15, -0.1) is 0 Å². The highest BCUT2D eigenvalue weighted by Gasteiger charge is 2.27. The van der Waals surface area contributed by atoms with Crippen molar-refractivity contribution in [3.63, 3.8) is 0 Å². The smallest absolute Gasteiger partial charge is 0.256 e. The second-order valence-electron chi connectivity index (χ2n) is 6.80. The van der Waals surface area contributed by atoms with E-state index >= 15 is 0 Å². The van der Waals surface area contributed by atoms with Crippen molar-refractivity contribution >= 4 is 23.3 Å². The van der Waals surface area contributed by atoms with Crippen LogP contribution in [0.25, 0.3) is 5.69 Å². The molecule has 3 heterocycles. The molecule has 1 N–H and O–H groups in total. The highest BCUT2D eigenvalue weighted by atomic mass is 35.5. The summed E-state index contributed by atoms with van der Waals surface area (Å²) in [6.07, 6.45) is 6.63. The lowest BCUT2D eigenvalue weighted by molar-refractivity contribution is 0.0714. The lowest BCUT2D eigenvalue weighted by Gasteiger charge is -2.33. The van der Waals surface area contributed by atoms with Gasteiger partial charge in [0.05, 0.1) is 30.1 Å². The predicted molar refractivity (Wildman–Crippen MR) is 110 cm³/mol. The molecule has 3 aromatic rings. The van der Waals surface area contributed by atoms with Crippen molar-refractivity contribution in [2.45, 2.75) is 18.9 Å². The van der Waals surface area contributed by atoms with E-state index in [1.54, 1.807) is 50.0 Å². The molecule has 1 saturated heterocycles. The molecule has 8 nitrogen and oxygen atoms in total. The minimum absolute atomic E-state index is 0.0597. The molecule has 1 atom stereocenters. The largest absolute Gasteiger partial charge is 0.497 e. The van der Waals surface area contributed by atoms with E-state index < -0.39 is 0 Å². The molecule has 29 heavy (non-hydrogen) atoms. The fourth-order valence-electron chi connectivity index (χ4n) is 3.44. The van der Waals surface area contributed by atoms with E-state index in [0.717, 1.165) is 18.7 Å². The number of hydrogen-bond donors (Lipinski definition) is 1. The number of carbonyl (C=O) groups is 1. The van der Waals surface area contributed by atoms with E-state index in [1.165, 1.54) is 4.80 Å². The summed E-state index contributed by atoms with van der Waals surface area (Å²) in [5, 5.41) is 12.3. The Kier molecular flexibility index (Phi) is 5.62. The van der Waals surface area contributed by atoms with Gasteiger partial charge in [-0.05, 0) is 37.1 Å². The Balaban J connectivity index is 1.54. The molecule has 2 aromatic heterocycles. The van der Waals surface area contributed by atoms with Crippen LogP contribution in [0.1, 0.15) is 23.2 Å². The van der Waals surface area contributed by atoms with Gasteiger partial charge in [0.1, 0.15) is 17.3 Å². The number of aromatic nitrogens is 4. The van der Waals surface area contributed by atoms with Crippen LogP contribution in [0.2, 0.25) is 5.02 Å². The van der Waals surface area contributed by atoms with Gasteiger partial charge < -0.3 is 15.0 Å². The van der Waals surface area contributed by atoms with Crippen LogP contribution in [0.15, 0.2) is 48.9 Å². The molecule has 0 saturated carbocycles. The normalized spacial score (nSPS) is 16.5. The third kappa shape index (κ3) is 4.32. The number of amides is 1. The third-order valence-corrected chi connectivity index (χ3v) is 5.08. The maximum absolute atomic E-state index is 13.3. The molecule has 1 fully saturated rings. The highest BCUT2D eigenvalue weighted by Crippen LogP contribution is 2.24. The first-order valence-corrected chi connectivity index (χ1v) is 9.74. The molecular weight excluding hydrogens is 392 g/mol. The molecule has 1 aliphatic heterocycles. The molecule has 1 aromatic carbocycles. The number of anilines is 1. The molecule has 4 rings (SSSR count). The summed E-state index contributed by atoms with van der Waals surface area (Å²) in [7, 11) is 1.59. The van der Waals surface area contributed by atoms with Crippen molar-refractivity contribution in [2.24, 2.45) is 0 Å². The third-order valence-electron chi connectivity index (χ3n) is 4.86. The average Bonchev–Trinajstić information content (AvgIpc) is 3.29. The van der Waals surface area contributed by atoms with Gasteiger partial charge in [-0.25, -0.2) is 4.98 Å². The van der Waals surface area contributed by atoms with Gasteiger partial charge >= 0.3 is 0 Å². The van der Waals surface area contributed by atoms with Crippen LogP contribution in [0, 0.1) is 0 Å². The van der Waals surface area contributed by atoms with Crippen molar-refractivity contribution in [3.8, 4) is 11.4 Å². The zero-order valence-corrected chi connectivity index (χ0v) is 16.7. The van der Waals surface area contributed by atoms with Crippen molar-refractivity contribution in [2.75, 3.05) is 25.5 Å². The first-order valence-electron chi connectivity index (χ1n) is 9.36. The Morgan fingerprint density at radius 2 is 2.07 bits per heavy atom. The fraction of sp³-hybridized carbons (Fsp3) is 0.300. The summed E-state index contributed by atoms with van der Waals surface area (Å²) < 4.78 is 5.30. The molecule has 0 aliphatic carbocycles.